The molecule has 2 saturated heterocycles. The number of amides is 3. The van der Waals surface area contributed by atoms with E-state index >= 15 is 0 Å². The fraction of sp³-hybridized carbons (Fsp3) is 0.351. The van der Waals surface area contributed by atoms with E-state index in [-0.39, 0.29) is 150 Å². The van der Waals surface area contributed by atoms with Crippen LogP contribution in [0.2, 0.25) is 0 Å². The molecule has 0 saturated carbocycles. The molecule has 122 heavy (non-hydrogen) atoms. The molecule has 0 bridgehead atoms. The molecule has 6 heterocycles. The number of phenols is 4. The summed E-state index contributed by atoms with van der Waals surface area (Å²) in [5, 5.41) is 84.5. The fourth-order valence-corrected chi connectivity index (χ4v) is 11.0. The Bertz CT molecular complexity index is 5390. The maximum Gasteiger partial charge on any atom is 1.00 e. The molecule has 40 nitrogen and oxygen atoms in total. The third kappa shape index (κ3) is 33.0. The van der Waals surface area contributed by atoms with Crippen molar-refractivity contribution in [2.45, 2.75) is 105 Å². The molecule has 4 aromatic carbocycles. The van der Waals surface area contributed by atoms with Crippen LogP contribution in [0.3, 0.4) is 0 Å². The van der Waals surface area contributed by atoms with Crippen molar-refractivity contribution in [2.24, 2.45) is 5.73 Å². The Morgan fingerprint density at radius 2 is 0.967 bits per heavy atom. The third-order valence-electron chi connectivity index (χ3n) is 17.1. The van der Waals surface area contributed by atoms with Crippen molar-refractivity contribution >= 4 is 59.2 Å². The summed E-state index contributed by atoms with van der Waals surface area (Å²) in [4.78, 5) is 161. The number of urea groups is 1. The topological polar surface area (TPSA) is 611 Å². The first-order valence-electron chi connectivity index (χ1n) is 36.7. The Morgan fingerprint density at radius 3 is 1.34 bits per heavy atom. The molecule has 18 N–H and O–H groups in total. The minimum absolute atomic E-state index is 0. The summed E-state index contributed by atoms with van der Waals surface area (Å²) < 4.78 is 62.6. The minimum Gasteiger partial charge on any atom is -0.870 e. The van der Waals surface area contributed by atoms with Gasteiger partial charge in [-0.3, -0.25) is 98.1 Å². The fourth-order valence-electron chi connectivity index (χ4n) is 11.0. The normalized spacial score (nSPS) is 12.0. The van der Waals surface area contributed by atoms with Gasteiger partial charge < -0.3 is 66.5 Å². The number of nitrogens with one attached hydrogen (secondary N) is 9. The van der Waals surface area contributed by atoms with Crippen molar-refractivity contribution in [2.75, 3.05) is 82.5 Å². The zero-order valence-corrected chi connectivity index (χ0v) is 69.9. The second kappa shape index (κ2) is 52.2. The molecular weight excluding hydrogens is 1630 g/mol. The summed E-state index contributed by atoms with van der Waals surface area (Å²) in [6, 6.07) is 19.3. The number of aliphatic hydroxyl groups is 1. The number of hydrogen-bond donors (Lipinski definition) is 16. The number of aromatic hydroxyl groups is 4. The predicted octanol–water partition coefficient (Wildman–Crippen LogP) is 0.0737. The monoisotopic (exact) mass is 1720 g/mol. The van der Waals surface area contributed by atoms with E-state index in [4.69, 9.17) is 32.2 Å². The van der Waals surface area contributed by atoms with Crippen LogP contribution in [0, 0.1) is 39.5 Å². The van der Waals surface area contributed by atoms with Crippen LogP contribution >= 0.6 is 0 Å². The van der Waals surface area contributed by atoms with Crippen molar-refractivity contribution in [1.29, 1.82) is 16.2 Å². The van der Waals surface area contributed by atoms with E-state index in [0.29, 0.717) is 74.2 Å². The summed E-state index contributed by atoms with van der Waals surface area (Å²) in [5.74, 6) is -7.44. The molecule has 0 radical (unpaired) electrons. The number of H-pyrrole nitrogens is 5. The number of aromatic nitrogens is 8. The molecule has 3 amide bonds. The molecule has 45 heteroatoms. The van der Waals surface area contributed by atoms with Gasteiger partial charge in [0.1, 0.15) is 34.7 Å². The molecule has 0 spiro atoms. The Labute approximate surface area is 713 Å². The second-order valence-electron chi connectivity index (χ2n) is 26.2. The van der Waals surface area contributed by atoms with E-state index in [2.05, 4.69) is 31.2 Å². The van der Waals surface area contributed by atoms with Gasteiger partial charge in [0.05, 0.1) is 67.8 Å². The number of phenolic OH excluding ortho intramolecular Hbond substituents is 4. The quantitative estimate of drug-likeness (QED) is 0.0101. The number of primary amides is 1. The van der Waals surface area contributed by atoms with E-state index in [1.807, 2.05) is 61.9 Å². The zero-order chi connectivity index (χ0) is 89.8. The molecule has 8 aromatic rings. The summed E-state index contributed by atoms with van der Waals surface area (Å²) in [6.45, 7) is 22.2. The van der Waals surface area contributed by atoms with Gasteiger partial charge in [-0.05, 0) is 84.3 Å². The number of carboxylic acid groups (broad SMARTS) is 1. The largest absolute Gasteiger partial charge is 1.00 e. The van der Waals surface area contributed by atoms with Crippen LogP contribution in [0.4, 0.5) is 33.7 Å². The van der Waals surface area contributed by atoms with Crippen LogP contribution in [0.5, 0.6) is 23.0 Å². The number of rotatable bonds is 23. The number of carbonyl (C=O) groups is 5. The number of halogens is 4. The standard InChI is InChI=1S/C29H34FN7O6.C22H29N5O2.C9H11FN2O4.C7H7FN2O4.C5H8O2.C4H3FN2O2.CH4O.Na.H2O/c1-17(2)20-13-21(24(39)14-23(20)38)26(31)37(28(32)42)19-5-3-18(4-6-19)15-34-9-11-35(12-10-34)25(40)7-8-36-16-22(30)27(41)33-29(36)43;1-15(2)18-11-19(21(29)12-20(18)28)22(24)27(14-23)17-5-3-16(4-6-17)13-26-9-7-25-8-10-26;1-2-16-7(13)3-4-12-5-6(10)8(14)11-9(12)15;8-4-3-10(2-1-5(11)12)7(14)9-6(4)13;1-3-5(6)7-4-2;5-2-1-6-4(9)7-3(2)8;1-2;;/h3-6,13-14,16-17,31,38-39H,7-12,15H2,1-2H3,(H2,32,42)(H,33,41,43);3-6,11-12,14-15,23-25,28-29H,7-10,13H2,1-2H3;5H,2-4H2,1H3,(H,11,14,15);3H,1-2H2,(H,11,12)(H,9,13,14);3H,1,4H2,2H3;1H,(H2,6,7,8,9);2H,1H3;;1H2/q;;;;;;;+1;/p-1. The number of carboxylic acids is 1. The number of benzene rings is 4. The summed E-state index contributed by atoms with van der Waals surface area (Å²) in [6.07, 6.45) is 4.77. The summed E-state index contributed by atoms with van der Waals surface area (Å²) in [7, 11) is 1.00. The van der Waals surface area contributed by atoms with Gasteiger partial charge in [-0.1, -0.05) is 58.5 Å². The molecule has 0 unspecified atom stereocenters. The average Bonchev–Trinajstić information content (AvgIpc) is 0.821. The Kier molecular flexibility index (Phi) is 44.9. The van der Waals surface area contributed by atoms with Gasteiger partial charge in [-0.25, -0.2) is 33.7 Å². The average molecular weight is 1730 g/mol. The number of aliphatic carboxylic acids is 1. The molecule has 0 atom stereocenters. The third-order valence-corrected chi connectivity index (χ3v) is 17.1. The molecule has 2 fully saturated rings. The molecule has 10 rings (SSSR count). The Morgan fingerprint density at radius 1 is 0.566 bits per heavy atom. The maximum atomic E-state index is 13.5. The number of ether oxygens (including phenoxy) is 2. The number of piperazine rings is 2. The number of carbonyl (C=O) groups excluding carboxylic acids is 4. The summed E-state index contributed by atoms with van der Waals surface area (Å²) in [5.41, 5.74) is 2.88. The van der Waals surface area contributed by atoms with Crippen molar-refractivity contribution in [3.63, 3.8) is 0 Å². The first-order valence-corrected chi connectivity index (χ1v) is 36.7. The van der Waals surface area contributed by atoms with E-state index < -0.39 is 86.2 Å². The van der Waals surface area contributed by atoms with Gasteiger partial charge in [0.15, 0.2) is 0 Å². The minimum atomic E-state index is -1.12. The van der Waals surface area contributed by atoms with Crippen LogP contribution in [-0.2, 0) is 61.4 Å². The van der Waals surface area contributed by atoms with Crippen LogP contribution in [0.1, 0.15) is 106 Å². The number of hydrogen-bond acceptors (Lipinski definition) is 27. The molecule has 2 aliphatic rings. The second-order valence-corrected chi connectivity index (χ2v) is 26.2. The number of aryl methyl sites for hydroxylation is 3. The van der Waals surface area contributed by atoms with Crippen LogP contribution in [-0.4, -0.2) is 210 Å². The number of nitrogens with two attached hydrogens (primary N) is 1. The maximum absolute atomic E-state index is 13.5. The first-order chi connectivity index (χ1) is 56.8. The van der Waals surface area contributed by atoms with Crippen molar-refractivity contribution < 1.29 is 117 Å². The number of aromatic amines is 5. The first kappa shape index (κ1) is 105. The van der Waals surface area contributed by atoms with Crippen molar-refractivity contribution in [3.05, 3.63) is 250 Å². The Hall–Kier alpha value is -13.0. The Balaban J connectivity index is 0.000000548. The summed E-state index contributed by atoms with van der Waals surface area (Å²) >= 11 is 0. The van der Waals surface area contributed by atoms with Gasteiger partial charge in [-0.15, -0.1) is 0 Å². The van der Waals surface area contributed by atoms with Gasteiger partial charge >= 0.3 is 76.3 Å². The smallest absolute Gasteiger partial charge is 0.870 e. The number of esters is 2. The number of nitrogens with zero attached hydrogens (tertiary/aromatic N) is 8. The number of amidine groups is 2. The van der Waals surface area contributed by atoms with E-state index in [1.165, 1.54) is 22.6 Å². The van der Waals surface area contributed by atoms with Gasteiger partial charge in [0.25, 0.3) is 22.2 Å². The molecular formula is C77H97F4N18NaO22. The molecule has 656 valence electrons. The molecule has 0 aliphatic carbocycles. The van der Waals surface area contributed by atoms with Gasteiger partial charge in [-0.2, -0.15) is 17.6 Å². The van der Waals surface area contributed by atoms with E-state index in [1.54, 1.807) is 64.0 Å². The number of aliphatic hydroxyl groups excluding tert-OH is 1. The van der Waals surface area contributed by atoms with Gasteiger partial charge in [0, 0.05) is 129 Å². The molecule has 2 aliphatic heterocycles. The SMILES string of the molecule is C=CC(=O)OCC.CC(C)c1cc(C(=N)N(C(N)=O)c2ccc(CN3CCN(C(=O)CCn4cc(F)c(=O)[nH]c4=O)CC3)cc2)c(O)cc1O.CC(C)c1cc(C(=N)N(C=N)c2ccc(CN3CCNCC3)cc2)c(O)cc1O.CCOC(=O)CCn1cc(F)c(=O)[nH]c1=O.CO.O=C(O)CCn1cc(F)c(=O)[nH]c1=O.O=c1[nH]cc(F)c(=O)[nH]1.[Na+].[OH-]. The zero-order valence-electron chi connectivity index (χ0n) is 67.9. The van der Waals surface area contributed by atoms with Crippen molar-refractivity contribution in [3.8, 4) is 23.0 Å². The van der Waals surface area contributed by atoms with Crippen LogP contribution in [0.15, 0.2) is 149 Å². The van der Waals surface area contributed by atoms with Crippen molar-refractivity contribution in [1.82, 2.24) is 58.6 Å². The van der Waals surface area contributed by atoms with Crippen LogP contribution in [0.25, 0.3) is 0 Å². The number of anilines is 2. The van der Waals surface area contributed by atoms with Gasteiger partial charge in [0.2, 0.25) is 29.2 Å². The predicted molar refractivity (Wildman–Crippen MR) is 434 cm³/mol. The van der Waals surface area contributed by atoms with E-state index in [0.717, 1.165) is 94.9 Å². The molecule has 4 aromatic heterocycles. The van der Waals surface area contributed by atoms with E-state index in [9.17, 15) is 100 Å². The van der Waals surface area contributed by atoms with Crippen LogP contribution < -0.4 is 95.4 Å².